The van der Waals surface area contributed by atoms with Crippen molar-refractivity contribution in [2.24, 2.45) is 11.0 Å². The monoisotopic (exact) mass is 578 g/mol. The highest BCUT2D eigenvalue weighted by atomic mass is 32.1. The minimum absolute atomic E-state index is 0.283. The van der Waals surface area contributed by atoms with Gasteiger partial charge in [0.25, 0.3) is 0 Å². The van der Waals surface area contributed by atoms with Crippen LogP contribution in [0.4, 0.5) is 18.9 Å². The van der Waals surface area contributed by atoms with Gasteiger partial charge in [-0.15, -0.1) is 18.3 Å². The number of alkyl halides is 3. The van der Waals surface area contributed by atoms with Crippen LogP contribution in [0.15, 0.2) is 77.9 Å². The summed E-state index contributed by atoms with van der Waals surface area (Å²) in [7, 11) is 0. The van der Waals surface area contributed by atoms with Crippen LogP contribution in [0.5, 0.6) is 5.75 Å². The molecule has 1 aliphatic rings. The van der Waals surface area contributed by atoms with Gasteiger partial charge in [0.15, 0.2) is 10.9 Å². The van der Waals surface area contributed by atoms with E-state index in [9.17, 15) is 13.2 Å². The molecule has 3 aromatic carbocycles. The Hall–Kier alpha value is -4.25. The molecule has 0 atom stereocenters. The zero-order valence-electron chi connectivity index (χ0n) is 22.5. The highest BCUT2D eigenvalue weighted by Crippen LogP contribution is 2.33. The van der Waals surface area contributed by atoms with Gasteiger partial charge in [-0.05, 0) is 78.4 Å². The van der Waals surface area contributed by atoms with Crippen molar-refractivity contribution >= 4 is 29.2 Å². The lowest BCUT2D eigenvalue weighted by Crippen LogP contribution is -2.24. The van der Waals surface area contributed by atoms with Crippen molar-refractivity contribution in [1.82, 2.24) is 20.2 Å². The molecule has 1 fully saturated rings. The third-order valence-corrected chi connectivity index (χ3v) is 6.73. The maximum Gasteiger partial charge on any atom is 0.573 e. The van der Waals surface area contributed by atoms with E-state index in [1.807, 2.05) is 42.5 Å². The molecule has 4 aromatic rings. The van der Waals surface area contributed by atoms with Crippen LogP contribution >= 0.6 is 12.2 Å². The quantitative estimate of drug-likeness (QED) is 0.124. The average Bonchev–Trinajstić information content (AvgIpc) is 3.65. The molecule has 1 aromatic heterocycles. The molecular weight excluding hydrogens is 549 g/mol. The molecular formula is C30H29F3N6OS. The van der Waals surface area contributed by atoms with Crippen molar-refractivity contribution in [3.05, 3.63) is 89.7 Å². The minimum Gasteiger partial charge on any atom is -0.406 e. The Morgan fingerprint density at radius 1 is 1.07 bits per heavy atom. The molecule has 1 aliphatic carbocycles. The van der Waals surface area contributed by atoms with Crippen LogP contribution in [-0.2, 0) is 6.42 Å². The molecule has 0 unspecified atom stereocenters. The van der Waals surface area contributed by atoms with E-state index >= 15 is 0 Å². The summed E-state index contributed by atoms with van der Waals surface area (Å²) in [5.41, 5.74) is 7.24. The number of halogens is 3. The van der Waals surface area contributed by atoms with Gasteiger partial charge in [-0.1, -0.05) is 56.3 Å². The molecule has 7 nitrogen and oxygen atoms in total. The van der Waals surface area contributed by atoms with Crippen molar-refractivity contribution in [2.45, 2.75) is 45.4 Å². The molecule has 0 amide bonds. The lowest BCUT2D eigenvalue weighted by atomic mass is 10.0. The number of hydrogen-bond acceptors (Lipinski definition) is 5. The van der Waals surface area contributed by atoms with E-state index in [0.717, 1.165) is 41.9 Å². The van der Waals surface area contributed by atoms with Gasteiger partial charge < -0.3 is 10.1 Å². The first-order chi connectivity index (χ1) is 19.6. The molecule has 5 rings (SSSR count). The molecule has 212 valence electrons. The maximum atomic E-state index is 12.6. The SMILES string of the molecule is CC(C)c1ccccc1NC(=S)NN=Cc1ccc(-c2nc(CC3CC3)n(-c3ccc(OC(F)(F)F)cc3)n2)cc1. The number of thiocarbonyl (C=S) groups is 1. The van der Waals surface area contributed by atoms with E-state index < -0.39 is 6.36 Å². The lowest BCUT2D eigenvalue weighted by Gasteiger charge is -2.14. The largest absolute Gasteiger partial charge is 0.573 e. The van der Waals surface area contributed by atoms with Crippen molar-refractivity contribution in [2.75, 3.05) is 5.32 Å². The lowest BCUT2D eigenvalue weighted by molar-refractivity contribution is -0.274. The predicted molar refractivity (Wildman–Crippen MR) is 157 cm³/mol. The van der Waals surface area contributed by atoms with Gasteiger partial charge in [0.1, 0.15) is 11.6 Å². The number of nitrogens with zero attached hydrogens (tertiary/aromatic N) is 4. The molecule has 0 saturated heterocycles. The molecule has 41 heavy (non-hydrogen) atoms. The summed E-state index contributed by atoms with van der Waals surface area (Å²) in [6, 6.07) is 21.2. The Morgan fingerprint density at radius 2 is 1.78 bits per heavy atom. The fourth-order valence-corrected chi connectivity index (χ4v) is 4.49. The number of nitrogens with one attached hydrogen (secondary N) is 2. The summed E-state index contributed by atoms with van der Waals surface area (Å²) in [4.78, 5) is 4.76. The van der Waals surface area contributed by atoms with E-state index in [1.54, 1.807) is 23.0 Å². The van der Waals surface area contributed by atoms with E-state index in [1.165, 1.54) is 17.7 Å². The number of hydrazone groups is 1. The van der Waals surface area contributed by atoms with Gasteiger partial charge in [-0.2, -0.15) is 5.10 Å². The molecule has 0 spiro atoms. The van der Waals surface area contributed by atoms with Gasteiger partial charge >= 0.3 is 6.36 Å². The number of para-hydroxylation sites is 1. The first-order valence-corrected chi connectivity index (χ1v) is 13.7. The summed E-state index contributed by atoms with van der Waals surface area (Å²) in [6.45, 7) is 4.25. The highest BCUT2D eigenvalue weighted by Gasteiger charge is 2.31. The van der Waals surface area contributed by atoms with Crippen LogP contribution in [0.3, 0.4) is 0 Å². The third-order valence-electron chi connectivity index (χ3n) is 6.54. The molecule has 1 saturated carbocycles. The van der Waals surface area contributed by atoms with Crippen LogP contribution in [0, 0.1) is 5.92 Å². The zero-order chi connectivity index (χ0) is 29.0. The topological polar surface area (TPSA) is 76.4 Å². The normalized spacial score (nSPS) is 13.5. The summed E-state index contributed by atoms with van der Waals surface area (Å²) >= 11 is 5.39. The van der Waals surface area contributed by atoms with Crippen LogP contribution in [0.2, 0.25) is 0 Å². The molecule has 0 bridgehead atoms. The number of rotatable bonds is 9. The minimum atomic E-state index is -4.74. The maximum absolute atomic E-state index is 12.6. The van der Waals surface area contributed by atoms with E-state index in [-0.39, 0.29) is 5.75 Å². The molecule has 0 aliphatic heterocycles. The van der Waals surface area contributed by atoms with Crippen LogP contribution in [-0.4, -0.2) is 32.5 Å². The van der Waals surface area contributed by atoms with Gasteiger partial charge in [-0.25, -0.2) is 9.67 Å². The Morgan fingerprint density at radius 3 is 2.44 bits per heavy atom. The molecule has 2 N–H and O–H groups in total. The Kier molecular flexibility index (Phi) is 8.34. The fraction of sp³-hybridized carbons (Fsp3) is 0.267. The van der Waals surface area contributed by atoms with E-state index in [0.29, 0.717) is 28.5 Å². The van der Waals surface area contributed by atoms with Crippen molar-refractivity contribution in [3.63, 3.8) is 0 Å². The summed E-state index contributed by atoms with van der Waals surface area (Å²) in [6.07, 6.45) is -0.0623. The fourth-order valence-electron chi connectivity index (χ4n) is 4.32. The molecule has 1 heterocycles. The number of anilines is 1. The number of ether oxygens (including phenoxy) is 1. The molecule has 11 heteroatoms. The van der Waals surface area contributed by atoms with Crippen molar-refractivity contribution in [3.8, 4) is 22.8 Å². The first-order valence-electron chi connectivity index (χ1n) is 13.3. The van der Waals surface area contributed by atoms with Crippen LogP contribution in [0.25, 0.3) is 17.1 Å². The Bertz CT molecular complexity index is 1530. The van der Waals surface area contributed by atoms with Gasteiger partial charge in [0, 0.05) is 17.7 Å². The third kappa shape index (κ3) is 7.69. The second-order valence-electron chi connectivity index (χ2n) is 10.1. The number of benzene rings is 3. The smallest absolute Gasteiger partial charge is 0.406 e. The Balaban J connectivity index is 1.26. The standard InChI is InChI=1S/C30H29F3N6OS/c1-19(2)25-5-3-4-6-26(25)35-29(41)37-34-18-21-9-11-22(12-10-21)28-36-27(17-20-7-8-20)39(38-28)23-13-15-24(16-14-23)40-30(31,32)33/h3-6,9-16,18-20H,7-8,17H2,1-2H3,(H2,35,37,41). The summed E-state index contributed by atoms with van der Waals surface area (Å²) in [5.74, 6) is 1.92. The van der Waals surface area contributed by atoms with E-state index in [2.05, 4.69) is 45.6 Å². The number of aromatic nitrogens is 3. The van der Waals surface area contributed by atoms with Crippen molar-refractivity contribution < 1.29 is 17.9 Å². The van der Waals surface area contributed by atoms with Gasteiger partial charge in [0.05, 0.1) is 11.9 Å². The summed E-state index contributed by atoms with van der Waals surface area (Å²) in [5, 5.41) is 12.5. The average molecular weight is 579 g/mol. The van der Waals surface area contributed by atoms with Gasteiger partial charge in [-0.3, -0.25) is 5.43 Å². The van der Waals surface area contributed by atoms with Gasteiger partial charge in [0.2, 0.25) is 0 Å². The second-order valence-corrected chi connectivity index (χ2v) is 10.5. The zero-order valence-corrected chi connectivity index (χ0v) is 23.3. The van der Waals surface area contributed by atoms with Crippen LogP contribution in [0.1, 0.15) is 49.6 Å². The predicted octanol–water partition coefficient (Wildman–Crippen LogP) is 7.23. The highest BCUT2D eigenvalue weighted by molar-refractivity contribution is 7.80. The summed E-state index contributed by atoms with van der Waals surface area (Å²) < 4.78 is 43.3. The number of hydrogen-bond donors (Lipinski definition) is 2. The Labute approximate surface area is 241 Å². The van der Waals surface area contributed by atoms with Crippen LogP contribution < -0.4 is 15.5 Å². The first kappa shape index (κ1) is 28.3. The molecule has 0 radical (unpaired) electrons. The van der Waals surface area contributed by atoms with E-state index in [4.69, 9.17) is 17.2 Å². The second kappa shape index (κ2) is 12.1. The van der Waals surface area contributed by atoms with Crippen molar-refractivity contribution in [1.29, 1.82) is 0 Å².